The maximum Gasteiger partial charge on any atom is 0.205 e. The molecule has 1 heterocycles. The zero-order valence-corrected chi connectivity index (χ0v) is 14.6. The highest BCUT2D eigenvalue weighted by Crippen LogP contribution is 2.73. The standard InChI is InChI=1S/C20H27NO3/c1-18-8-7-13-11(12(18)4-5-15(18)22)6-9-20-17(24-20)16(23)14(21-3)10-19(13,20)2/h11-13,15,17,22-23H,4-10H2,1-2H3. The first-order valence-electron chi connectivity index (χ1n) is 9.53. The number of epoxide rings is 1. The Morgan fingerprint density at radius 3 is 2.67 bits per heavy atom. The van der Waals surface area contributed by atoms with Crippen LogP contribution in [0.15, 0.2) is 11.5 Å². The fourth-order valence-corrected chi connectivity index (χ4v) is 7.48. The number of ether oxygens (including phenoxy) is 1. The molecule has 130 valence electrons. The minimum atomic E-state index is -0.233. The van der Waals surface area contributed by atoms with Gasteiger partial charge in [-0.3, -0.25) is 0 Å². The van der Waals surface area contributed by atoms with Gasteiger partial charge in [0.15, 0.2) is 0 Å². The van der Waals surface area contributed by atoms with Crippen LogP contribution in [0.5, 0.6) is 0 Å². The van der Waals surface area contributed by atoms with Crippen LogP contribution in [0.3, 0.4) is 0 Å². The van der Waals surface area contributed by atoms with Crippen molar-refractivity contribution < 1.29 is 14.9 Å². The van der Waals surface area contributed by atoms with Crippen LogP contribution < -0.4 is 0 Å². The van der Waals surface area contributed by atoms with Crippen LogP contribution in [-0.4, -0.2) is 28.0 Å². The summed E-state index contributed by atoms with van der Waals surface area (Å²) < 4.78 is 6.12. The molecule has 1 saturated heterocycles. The Hall–Kier alpha value is -1.05. The van der Waals surface area contributed by atoms with Gasteiger partial charge in [0.1, 0.15) is 17.5 Å². The van der Waals surface area contributed by atoms with E-state index in [0.717, 1.165) is 38.5 Å². The molecule has 5 aliphatic rings. The van der Waals surface area contributed by atoms with E-state index >= 15 is 0 Å². The van der Waals surface area contributed by atoms with Gasteiger partial charge >= 0.3 is 0 Å². The second-order valence-electron chi connectivity index (χ2n) is 9.48. The molecule has 4 fully saturated rings. The predicted octanol–water partition coefficient (Wildman–Crippen LogP) is 3.82. The maximum absolute atomic E-state index is 10.5. The minimum Gasteiger partial charge on any atom is -0.521 e. The molecule has 4 aliphatic carbocycles. The molecule has 4 nitrogen and oxygen atoms in total. The third-order valence-corrected chi connectivity index (χ3v) is 8.93. The fourth-order valence-electron chi connectivity index (χ4n) is 7.48. The first-order valence-corrected chi connectivity index (χ1v) is 9.53. The molecule has 3 saturated carbocycles. The van der Waals surface area contributed by atoms with Crippen molar-refractivity contribution in [2.24, 2.45) is 28.6 Å². The van der Waals surface area contributed by atoms with Gasteiger partial charge in [0.05, 0.1) is 12.7 Å². The Morgan fingerprint density at radius 2 is 1.92 bits per heavy atom. The maximum atomic E-state index is 10.5. The summed E-state index contributed by atoms with van der Waals surface area (Å²) in [5.74, 6) is 1.99. The summed E-state index contributed by atoms with van der Waals surface area (Å²) in [6, 6.07) is 0. The van der Waals surface area contributed by atoms with E-state index in [9.17, 15) is 10.2 Å². The average Bonchev–Trinajstić information content (AvgIpc) is 3.23. The van der Waals surface area contributed by atoms with Crippen LogP contribution in [0.1, 0.15) is 58.8 Å². The lowest BCUT2D eigenvalue weighted by Gasteiger charge is -2.59. The molecule has 8 unspecified atom stereocenters. The molecule has 1 spiro atoms. The summed E-state index contributed by atoms with van der Waals surface area (Å²) in [5.41, 5.74) is 0.344. The van der Waals surface area contributed by atoms with Crippen LogP contribution in [0.4, 0.5) is 0 Å². The van der Waals surface area contributed by atoms with Gasteiger partial charge in [-0.15, -0.1) is 0 Å². The zero-order valence-electron chi connectivity index (χ0n) is 14.6. The summed E-state index contributed by atoms with van der Waals surface area (Å²) in [7, 11) is 0. The van der Waals surface area contributed by atoms with Gasteiger partial charge in [0, 0.05) is 0 Å². The lowest BCUT2D eigenvalue weighted by Crippen LogP contribution is -2.57. The summed E-state index contributed by atoms with van der Waals surface area (Å²) in [5, 5.41) is 20.9. The smallest absolute Gasteiger partial charge is 0.205 e. The first kappa shape index (κ1) is 15.2. The minimum absolute atomic E-state index is 0.0401. The number of hydrogen-bond donors (Lipinski definition) is 2. The lowest BCUT2D eigenvalue weighted by molar-refractivity contribution is -0.116. The molecule has 24 heavy (non-hydrogen) atoms. The number of fused-ring (bicyclic) bond motifs is 4. The van der Waals surface area contributed by atoms with E-state index in [4.69, 9.17) is 11.3 Å². The summed E-state index contributed by atoms with van der Waals surface area (Å²) in [6.07, 6.45) is 6.70. The van der Waals surface area contributed by atoms with E-state index in [1.807, 2.05) is 0 Å². The van der Waals surface area contributed by atoms with Crippen molar-refractivity contribution in [3.05, 3.63) is 22.9 Å². The first-order chi connectivity index (χ1) is 11.4. The molecular formula is C20H27NO3. The molecule has 0 bridgehead atoms. The molecule has 0 aromatic carbocycles. The van der Waals surface area contributed by atoms with Crippen LogP contribution in [0.2, 0.25) is 0 Å². The van der Waals surface area contributed by atoms with Crippen molar-refractivity contribution in [2.75, 3.05) is 0 Å². The number of allylic oxidation sites excluding steroid dienone is 1. The predicted molar refractivity (Wildman–Crippen MR) is 88.9 cm³/mol. The second-order valence-corrected chi connectivity index (χ2v) is 9.48. The molecule has 4 heteroatoms. The normalized spacial score (nSPS) is 58.2. The Morgan fingerprint density at radius 1 is 1.12 bits per heavy atom. The van der Waals surface area contributed by atoms with E-state index in [-0.39, 0.29) is 34.4 Å². The van der Waals surface area contributed by atoms with E-state index < -0.39 is 0 Å². The Labute approximate surface area is 143 Å². The summed E-state index contributed by atoms with van der Waals surface area (Å²) >= 11 is 0. The van der Waals surface area contributed by atoms with Gasteiger partial charge in [0.25, 0.3) is 0 Å². The van der Waals surface area contributed by atoms with Gasteiger partial charge in [-0.25, -0.2) is 4.85 Å². The quantitative estimate of drug-likeness (QED) is 0.525. The van der Waals surface area contributed by atoms with Crippen molar-refractivity contribution in [3.63, 3.8) is 0 Å². The second kappa shape index (κ2) is 4.37. The van der Waals surface area contributed by atoms with Crippen molar-refractivity contribution >= 4 is 0 Å². The summed E-state index contributed by atoms with van der Waals surface area (Å²) in [6.45, 7) is 12.1. The Balaban J connectivity index is 1.55. The largest absolute Gasteiger partial charge is 0.521 e. The van der Waals surface area contributed by atoms with Gasteiger partial charge in [-0.2, -0.15) is 0 Å². The van der Waals surface area contributed by atoms with Crippen molar-refractivity contribution in [3.8, 4) is 0 Å². The highest BCUT2D eigenvalue weighted by atomic mass is 16.6. The molecular weight excluding hydrogens is 302 g/mol. The molecule has 0 aromatic rings. The molecule has 5 rings (SSSR count). The Kier molecular flexibility index (Phi) is 2.77. The lowest BCUT2D eigenvalue weighted by atomic mass is 9.45. The number of rotatable bonds is 0. The molecule has 0 aromatic heterocycles. The molecule has 0 amide bonds. The molecule has 8 atom stereocenters. The molecule has 0 radical (unpaired) electrons. The monoisotopic (exact) mass is 329 g/mol. The molecule has 1 aliphatic heterocycles. The SMILES string of the molecule is [C-]#[N+]C1=C(O)C2OC23CCC2C4CCC(O)C4(C)CCC2C3(C)C1. The van der Waals surface area contributed by atoms with Gasteiger partial charge in [-0.1, -0.05) is 13.8 Å². The van der Waals surface area contributed by atoms with E-state index in [2.05, 4.69) is 18.7 Å². The van der Waals surface area contributed by atoms with Crippen molar-refractivity contribution in [1.82, 2.24) is 0 Å². The van der Waals surface area contributed by atoms with Gasteiger partial charge in [0.2, 0.25) is 5.70 Å². The van der Waals surface area contributed by atoms with Crippen LogP contribution in [-0.2, 0) is 4.74 Å². The highest BCUT2D eigenvalue weighted by molar-refractivity contribution is 5.38. The van der Waals surface area contributed by atoms with Crippen molar-refractivity contribution in [2.45, 2.75) is 76.6 Å². The highest BCUT2D eigenvalue weighted by Gasteiger charge is 2.76. The van der Waals surface area contributed by atoms with Crippen molar-refractivity contribution in [1.29, 1.82) is 0 Å². The van der Waals surface area contributed by atoms with Crippen LogP contribution >= 0.6 is 0 Å². The van der Waals surface area contributed by atoms with Gasteiger partial charge in [-0.05, 0) is 73.5 Å². The number of hydrogen-bond acceptors (Lipinski definition) is 3. The average molecular weight is 329 g/mol. The number of nitrogens with zero attached hydrogens (tertiary/aromatic N) is 1. The van der Waals surface area contributed by atoms with Crippen LogP contribution in [0, 0.1) is 35.2 Å². The van der Waals surface area contributed by atoms with E-state index in [0.29, 0.717) is 29.9 Å². The van der Waals surface area contributed by atoms with Crippen LogP contribution in [0.25, 0.3) is 4.85 Å². The summed E-state index contributed by atoms with van der Waals surface area (Å²) in [4.78, 5) is 3.63. The zero-order chi connectivity index (χ0) is 16.9. The van der Waals surface area contributed by atoms with E-state index in [1.165, 1.54) is 0 Å². The van der Waals surface area contributed by atoms with E-state index in [1.54, 1.807) is 0 Å². The topological polar surface area (TPSA) is 57.3 Å². The molecule has 2 N–H and O–H groups in total. The third-order valence-electron chi connectivity index (χ3n) is 8.93. The van der Waals surface area contributed by atoms with Gasteiger partial charge < -0.3 is 14.9 Å². The number of aliphatic hydroxyl groups is 2. The third kappa shape index (κ3) is 1.48. The number of aliphatic hydroxyl groups excluding tert-OH is 2. The fraction of sp³-hybridized carbons (Fsp3) is 0.850. The Bertz CT molecular complexity index is 681.